The highest BCUT2D eigenvalue weighted by Crippen LogP contribution is 2.42. The molecular formula is C26H23NO5S. The van der Waals surface area contributed by atoms with Crippen LogP contribution in [0.25, 0.3) is 5.70 Å². The molecule has 0 aromatic heterocycles. The molecule has 0 N–H and O–H groups in total. The van der Waals surface area contributed by atoms with E-state index in [0.29, 0.717) is 11.1 Å². The number of aryl methyl sites for hydroxylation is 1. The SMILES string of the molecule is COC(=O)C1=C(c2ccccc2)N(S(=O)(=O)c2ccc(C)cc2)C(=O)[C@H](c2ccccc2)C1. The number of hydrogen-bond donors (Lipinski definition) is 0. The Morgan fingerprint density at radius 2 is 1.48 bits per heavy atom. The van der Waals surface area contributed by atoms with Crippen LogP contribution in [0, 0.1) is 6.92 Å². The average Bonchev–Trinajstić information content (AvgIpc) is 2.84. The summed E-state index contributed by atoms with van der Waals surface area (Å²) >= 11 is 0. The number of rotatable bonds is 5. The van der Waals surface area contributed by atoms with Gasteiger partial charge in [0.05, 0.1) is 29.2 Å². The number of benzene rings is 3. The molecule has 0 radical (unpaired) electrons. The highest BCUT2D eigenvalue weighted by atomic mass is 32.2. The maximum atomic E-state index is 13.8. The van der Waals surface area contributed by atoms with Crippen LogP contribution >= 0.6 is 0 Å². The summed E-state index contributed by atoms with van der Waals surface area (Å²) in [6.07, 6.45) is 0.0274. The van der Waals surface area contributed by atoms with Crippen LogP contribution in [0.1, 0.15) is 29.0 Å². The molecule has 6 nitrogen and oxygen atoms in total. The van der Waals surface area contributed by atoms with Gasteiger partial charge in [-0.15, -0.1) is 0 Å². The molecule has 3 aromatic carbocycles. The molecule has 1 heterocycles. The number of methoxy groups -OCH3 is 1. The number of amides is 1. The number of sulfonamides is 1. The Balaban J connectivity index is 2.00. The van der Waals surface area contributed by atoms with Crippen molar-refractivity contribution in [2.24, 2.45) is 0 Å². The van der Waals surface area contributed by atoms with Gasteiger partial charge < -0.3 is 4.74 Å². The van der Waals surface area contributed by atoms with Crippen molar-refractivity contribution in [3.8, 4) is 0 Å². The van der Waals surface area contributed by atoms with Crippen molar-refractivity contribution < 1.29 is 22.7 Å². The molecule has 1 aliphatic heterocycles. The lowest BCUT2D eigenvalue weighted by Gasteiger charge is -2.35. The third kappa shape index (κ3) is 4.19. The first-order valence-electron chi connectivity index (χ1n) is 10.4. The van der Waals surface area contributed by atoms with E-state index in [1.807, 2.05) is 13.0 Å². The monoisotopic (exact) mass is 461 g/mol. The van der Waals surface area contributed by atoms with Crippen molar-refractivity contribution in [1.29, 1.82) is 0 Å². The van der Waals surface area contributed by atoms with E-state index in [1.165, 1.54) is 19.2 Å². The van der Waals surface area contributed by atoms with Crippen molar-refractivity contribution >= 4 is 27.6 Å². The van der Waals surface area contributed by atoms with E-state index in [1.54, 1.807) is 66.7 Å². The number of ether oxygens (including phenoxy) is 1. The topological polar surface area (TPSA) is 80.8 Å². The summed E-state index contributed by atoms with van der Waals surface area (Å²) in [5.74, 6) is -2.15. The van der Waals surface area contributed by atoms with Gasteiger partial charge in [0.1, 0.15) is 0 Å². The minimum Gasteiger partial charge on any atom is -0.466 e. The van der Waals surface area contributed by atoms with E-state index in [2.05, 4.69) is 0 Å². The Hall–Kier alpha value is -3.71. The third-order valence-corrected chi connectivity index (χ3v) is 7.35. The van der Waals surface area contributed by atoms with Gasteiger partial charge in [0.15, 0.2) is 0 Å². The van der Waals surface area contributed by atoms with Crippen LogP contribution in [-0.4, -0.2) is 31.7 Å². The second-order valence-corrected chi connectivity index (χ2v) is 9.56. The van der Waals surface area contributed by atoms with E-state index >= 15 is 0 Å². The maximum absolute atomic E-state index is 13.8. The average molecular weight is 462 g/mol. The molecule has 7 heteroatoms. The van der Waals surface area contributed by atoms with Crippen molar-refractivity contribution in [3.63, 3.8) is 0 Å². The summed E-state index contributed by atoms with van der Waals surface area (Å²) in [6.45, 7) is 1.85. The summed E-state index contributed by atoms with van der Waals surface area (Å²) in [4.78, 5) is 26.7. The lowest BCUT2D eigenvalue weighted by molar-refractivity contribution is -0.136. The zero-order chi connectivity index (χ0) is 23.6. The molecule has 1 aliphatic rings. The molecule has 0 bridgehead atoms. The standard InChI is InChI=1S/C26H23NO5S/c1-18-13-15-21(16-14-18)33(30,31)27-24(20-11-7-4-8-12-20)23(26(29)32-2)17-22(25(27)28)19-9-5-3-6-10-19/h3-16,22H,17H2,1-2H3/t22-/m0/s1. The smallest absolute Gasteiger partial charge is 0.335 e. The zero-order valence-electron chi connectivity index (χ0n) is 18.3. The van der Waals surface area contributed by atoms with Gasteiger partial charge in [0.25, 0.3) is 10.0 Å². The number of nitrogens with zero attached hydrogens (tertiary/aromatic N) is 1. The molecule has 4 rings (SSSR count). The predicted octanol–water partition coefficient (Wildman–Crippen LogP) is 4.28. The maximum Gasteiger partial charge on any atom is 0.335 e. The Kier molecular flexibility index (Phi) is 6.16. The number of esters is 1. The van der Waals surface area contributed by atoms with Crippen molar-refractivity contribution in [2.45, 2.75) is 24.2 Å². The molecular weight excluding hydrogens is 438 g/mol. The Bertz CT molecular complexity index is 1310. The molecule has 1 amide bonds. The predicted molar refractivity (Wildman–Crippen MR) is 124 cm³/mol. The normalized spacial score (nSPS) is 16.6. The fourth-order valence-electron chi connectivity index (χ4n) is 3.95. The van der Waals surface area contributed by atoms with Gasteiger partial charge in [-0.25, -0.2) is 17.5 Å². The summed E-state index contributed by atoms with van der Waals surface area (Å²) < 4.78 is 33.5. The molecule has 0 saturated heterocycles. The van der Waals surface area contributed by atoms with Gasteiger partial charge in [-0.1, -0.05) is 78.4 Å². The minimum atomic E-state index is -4.32. The lowest BCUT2D eigenvalue weighted by atomic mass is 9.86. The first-order valence-corrected chi connectivity index (χ1v) is 11.9. The number of carbonyl (C=O) groups is 2. The second kappa shape index (κ2) is 9.03. The van der Waals surface area contributed by atoms with E-state index < -0.39 is 27.8 Å². The molecule has 1 atom stereocenters. The minimum absolute atomic E-state index is 0.0274. The Morgan fingerprint density at radius 1 is 0.909 bits per heavy atom. The van der Waals surface area contributed by atoms with Gasteiger partial charge in [0.2, 0.25) is 5.91 Å². The molecule has 3 aromatic rings. The summed E-state index contributed by atoms with van der Waals surface area (Å²) in [7, 11) is -3.08. The highest BCUT2D eigenvalue weighted by Gasteiger charge is 2.45. The number of carbonyl (C=O) groups excluding carboxylic acids is 2. The van der Waals surface area contributed by atoms with Gasteiger partial charge >= 0.3 is 5.97 Å². The van der Waals surface area contributed by atoms with Gasteiger partial charge in [-0.3, -0.25) is 4.79 Å². The second-order valence-electron chi connectivity index (χ2n) is 7.77. The van der Waals surface area contributed by atoms with E-state index in [0.717, 1.165) is 9.87 Å². The Labute approximate surface area is 193 Å². The van der Waals surface area contributed by atoms with Gasteiger partial charge in [-0.2, -0.15) is 0 Å². The van der Waals surface area contributed by atoms with Crippen molar-refractivity contribution in [3.05, 3.63) is 107 Å². The third-order valence-electron chi connectivity index (χ3n) is 5.64. The van der Waals surface area contributed by atoms with Gasteiger partial charge in [0, 0.05) is 0 Å². The first-order chi connectivity index (χ1) is 15.8. The summed E-state index contributed by atoms with van der Waals surface area (Å²) in [6, 6.07) is 23.7. The Morgan fingerprint density at radius 3 is 2.06 bits per heavy atom. The molecule has 33 heavy (non-hydrogen) atoms. The van der Waals surface area contributed by atoms with E-state index in [9.17, 15) is 18.0 Å². The molecule has 168 valence electrons. The quantitative estimate of drug-likeness (QED) is 0.530. The first kappa shape index (κ1) is 22.5. The molecule has 0 unspecified atom stereocenters. The fourth-order valence-corrected chi connectivity index (χ4v) is 5.46. The highest BCUT2D eigenvalue weighted by molar-refractivity contribution is 7.90. The zero-order valence-corrected chi connectivity index (χ0v) is 19.1. The molecule has 0 saturated carbocycles. The van der Waals surface area contributed by atoms with E-state index in [4.69, 9.17) is 4.74 Å². The van der Waals surface area contributed by atoms with Crippen LogP contribution in [-0.2, 0) is 24.3 Å². The van der Waals surface area contributed by atoms with Crippen LogP contribution < -0.4 is 0 Å². The van der Waals surface area contributed by atoms with E-state index in [-0.39, 0.29) is 22.6 Å². The van der Waals surface area contributed by atoms with Gasteiger partial charge in [-0.05, 0) is 36.6 Å². The van der Waals surface area contributed by atoms with Crippen LogP contribution in [0.5, 0.6) is 0 Å². The molecule has 0 spiro atoms. The fraction of sp³-hybridized carbons (Fsp3) is 0.154. The van der Waals surface area contributed by atoms with Crippen molar-refractivity contribution in [2.75, 3.05) is 7.11 Å². The summed E-state index contributed by atoms with van der Waals surface area (Å²) in [5, 5.41) is 0. The molecule has 0 fully saturated rings. The largest absolute Gasteiger partial charge is 0.466 e. The van der Waals surface area contributed by atoms with Crippen molar-refractivity contribution in [1.82, 2.24) is 4.31 Å². The summed E-state index contributed by atoms with van der Waals surface area (Å²) in [5.41, 5.74) is 2.11. The number of hydrogen-bond acceptors (Lipinski definition) is 5. The van der Waals surface area contributed by atoms with Crippen LogP contribution in [0.3, 0.4) is 0 Å². The molecule has 0 aliphatic carbocycles. The van der Waals surface area contributed by atoms with Crippen LogP contribution in [0.2, 0.25) is 0 Å². The van der Waals surface area contributed by atoms with Crippen LogP contribution in [0.15, 0.2) is 95.4 Å². The lowest BCUT2D eigenvalue weighted by Crippen LogP contribution is -2.43. The van der Waals surface area contributed by atoms with Crippen LogP contribution in [0.4, 0.5) is 0 Å².